The van der Waals surface area contributed by atoms with Crippen LogP contribution in [0.15, 0.2) is 27.1 Å². The lowest BCUT2D eigenvalue weighted by Gasteiger charge is -2.07. The average Bonchev–Trinajstić information content (AvgIpc) is 2.81. The van der Waals surface area contributed by atoms with Gasteiger partial charge in [-0.15, -0.1) is 0 Å². The molecule has 0 amide bonds. The smallest absolute Gasteiger partial charge is 0.139 e. The monoisotopic (exact) mass is 334 g/mol. The Balaban J connectivity index is 2.49. The van der Waals surface area contributed by atoms with E-state index in [9.17, 15) is 0 Å². The molecule has 3 aromatic rings. The van der Waals surface area contributed by atoms with Crippen LogP contribution in [-0.2, 0) is 0 Å². The van der Waals surface area contributed by atoms with E-state index in [4.69, 9.17) is 13.9 Å². The van der Waals surface area contributed by atoms with E-state index in [1.165, 1.54) is 0 Å². The minimum atomic E-state index is 0.777. The molecule has 0 aliphatic heterocycles. The minimum absolute atomic E-state index is 0.777. The standard InChI is InChI=1S/C16H15BrO3/c1-8-5-10(18-3)6-11-14(8)15-9(2)16(17)13(19-4)7-12(15)20-11/h5-7H,1-4H3. The molecule has 0 atom stereocenters. The van der Waals surface area contributed by atoms with Gasteiger partial charge in [-0.3, -0.25) is 0 Å². The topological polar surface area (TPSA) is 31.6 Å². The van der Waals surface area contributed by atoms with Crippen LogP contribution in [0.4, 0.5) is 0 Å². The maximum atomic E-state index is 5.97. The van der Waals surface area contributed by atoms with Crippen LogP contribution in [0.2, 0.25) is 0 Å². The van der Waals surface area contributed by atoms with Crippen LogP contribution in [0.5, 0.6) is 11.5 Å². The first-order valence-electron chi connectivity index (χ1n) is 6.30. The molecule has 2 aromatic carbocycles. The summed E-state index contributed by atoms with van der Waals surface area (Å²) in [6.45, 7) is 4.13. The zero-order valence-electron chi connectivity index (χ0n) is 11.8. The van der Waals surface area contributed by atoms with Crippen molar-refractivity contribution in [3.05, 3.63) is 33.8 Å². The lowest BCUT2D eigenvalue weighted by atomic mass is 10.0. The predicted octanol–water partition coefficient (Wildman–Crippen LogP) is 4.98. The molecule has 4 heteroatoms. The Morgan fingerprint density at radius 1 is 0.950 bits per heavy atom. The van der Waals surface area contributed by atoms with E-state index in [1.54, 1.807) is 14.2 Å². The van der Waals surface area contributed by atoms with Gasteiger partial charge in [-0.2, -0.15) is 0 Å². The molecule has 3 rings (SSSR count). The number of halogens is 1. The molecule has 0 saturated heterocycles. The Kier molecular flexibility index (Phi) is 3.13. The number of furan rings is 1. The number of methoxy groups -OCH3 is 2. The third-order valence-electron chi connectivity index (χ3n) is 3.63. The van der Waals surface area contributed by atoms with Gasteiger partial charge in [-0.1, -0.05) is 0 Å². The van der Waals surface area contributed by atoms with Crippen LogP contribution in [0, 0.1) is 13.8 Å². The van der Waals surface area contributed by atoms with Gasteiger partial charge in [0.15, 0.2) is 0 Å². The molecule has 0 spiro atoms. The number of hydrogen-bond donors (Lipinski definition) is 0. The number of benzene rings is 2. The Hall–Kier alpha value is -1.68. The second-order valence-electron chi connectivity index (χ2n) is 4.81. The van der Waals surface area contributed by atoms with Gasteiger partial charge in [0.1, 0.15) is 22.7 Å². The Bertz CT molecular complexity index is 818. The second kappa shape index (κ2) is 4.70. The molecule has 104 valence electrons. The highest BCUT2D eigenvalue weighted by atomic mass is 79.9. The summed E-state index contributed by atoms with van der Waals surface area (Å²) in [5.41, 5.74) is 3.92. The first kappa shape index (κ1) is 13.3. The van der Waals surface area contributed by atoms with Crippen molar-refractivity contribution in [3.63, 3.8) is 0 Å². The van der Waals surface area contributed by atoms with Crippen LogP contribution < -0.4 is 9.47 Å². The molecule has 0 saturated carbocycles. The van der Waals surface area contributed by atoms with E-state index in [0.29, 0.717) is 0 Å². The van der Waals surface area contributed by atoms with E-state index in [2.05, 4.69) is 29.8 Å². The third kappa shape index (κ3) is 1.79. The summed E-state index contributed by atoms with van der Waals surface area (Å²) in [7, 11) is 3.32. The first-order valence-corrected chi connectivity index (χ1v) is 7.10. The summed E-state index contributed by atoms with van der Waals surface area (Å²) < 4.78 is 17.6. The number of ether oxygens (including phenoxy) is 2. The van der Waals surface area contributed by atoms with Crippen LogP contribution in [0.3, 0.4) is 0 Å². The van der Waals surface area contributed by atoms with Crippen molar-refractivity contribution < 1.29 is 13.9 Å². The molecule has 0 bridgehead atoms. The molecule has 0 fully saturated rings. The molecule has 1 aromatic heterocycles. The highest BCUT2D eigenvalue weighted by Gasteiger charge is 2.17. The summed E-state index contributed by atoms with van der Waals surface area (Å²) in [6.07, 6.45) is 0. The average molecular weight is 335 g/mol. The molecular weight excluding hydrogens is 320 g/mol. The summed E-state index contributed by atoms with van der Waals surface area (Å²) in [5.74, 6) is 1.58. The van der Waals surface area contributed by atoms with Gasteiger partial charge in [0.2, 0.25) is 0 Å². The molecule has 0 aliphatic rings. The SMILES string of the molecule is COc1cc(C)c2c(c1)oc1cc(OC)c(Br)c(C)c12. The van der Waals surface area contributed by atoms with E-state index in [0.717, 1.165) is 49.0 Å². The van der Waals surface area contributed by atoms with Crippen molar-refractivity contribution in [1.29, 1.82) is 0 Å². The number of hydrogen-bond acceptors (Lipinski definition) is 3. The van der Waals surface area contributed by atoms with Gasteiger partial charge >= 0.3 is 0 Å². The fourth-order valence-electron chi connectivity index (χ4n) is 2.63. The van der Waals surface area contributed by atoms with Gasteiger partial charge in [-0.05, 0) is 47.0 Å². The summed E-state index contributed by atoms with van der Waals surface area (Å²) in [5, 5.41) is 2.24. The van der Waals surface area contributed by atoms with Crippen molar-refractivity contribution in [1.82, 2.24) is 0 Å². The molecule has 3 nitrogen and oxygen atoms in total. The van der Waals surface area contributed by atoms with Crippen LogP contribution in [0.1, 0.15) is 11.1 Å². The molecule has 0 radical (unpaired) electrons. The summed E-state index contributed by atoms with van der Waals surface area (Å²) in [6, 6.07) is 5.86. The molecule has 1 heterocycles. The van der Waals surface area contributed by atoms with Gasteiger partial charge in [0.05, 0.1) is 18.7 Å². The van der Waals surface area contributed by atoms with Crippen molar-refractivity contribution in [2.45, 2.75) is 13.8 Å². The van der Waals surface area contributed by atoms with Gasteiger partial charge < -0.3 is 13.9 Å². The van der Waals surface area contributed by atoms with Crippen LogP contribution >= 0.6 is 15.9 Å². The normalized spacial score (nSPS) is 11.2. The lowest BCUT2D eigenvalue weighted by molar-refractivity contribution is 0.411. The molecule has 20 heavy (non-hydrogen) atoms. The van der Waals surface area contributed by atoms with Crippen molar-refractivity contribution >= 4 is 37.9 Å². The van der Waals surface area contributed by atoms with Crippen molar-refractivity contribution in [3.8, 4) is 11.5 Å². The number of fused-ring (bicyclic) bond motifs is 3. The van der Waals surface area contributed by atoms with E-state index < -0.39 is 0 Å². The summed E-state index contributed by atoms with van der Waals surface area (Å²) >= 11 is 3.59. The molecular formula is C16H15BrO3. The van der Waals surface area contributed by atoms with Crippen molar-refractivity contribution in [2.75, 3.05) is 14.2 Å². The number of aryl methyl sites for hydroxylation is 2. The molecule has 0 N–H and O–H groups in total. The van der Waals surface area contributed by atoms with E-state index in [1.807, 2.05) is 18.2 Å². The largest absolute Gasteiger partial charge is 0.497 e. The molecule has 0 unspecified atom stereocenters. The zero-order chi connectivity index (χ0) is 14.4. The number of rotatable bonds is 2. The highest BCUT2D eigenvalue weighted by Crippen LogP contribution is 2.41. The third-order valence-corrected chi connectivity index (χ3v) is 4.61. The van der Waals surface area contributed by atoms with Crippen LogP contribution in [-0.4, -0.2) is 14.2 Å². The second-order valence-corrected chi connectivity index (χ2v) is 5.60. The highest BCUT2D eigenvalue weighted by molar-refractivity contribution is 9.10. The Morgan fingerprint density at radius 2 is 1.65 bits per heavy atom. The Morgan fingerprint density at radius 3 is 2.30 bits per heavy atom. The zero-order valence-corrected chi connectivity index (χ0v) is 13.4. The van der Waals surface area contributed by atoms with Crippen molar-refractivity contribution in [2.24, 2.45) is 0 Å². The Labute approximate surface area is 125 Å². The lowest BCUT2D eigenvalue weighted by Crippen LogP contribution is -1.88. The predicted molar refractivity (Wildman–Crippen MR) is 84.0 cm³/mol. The molecule has 0 aliphatic carbocycles. The minimum Gasteiger partial charge on any atom is -0.497 e. The van der Waals surface area contributed by atoms with Crippen LogP contribution in [0.25, 0.3) is 21.9 Å². The fraction of sp³-hybridized carbons (Fsp3) is 0.250. The van der Waals surface area contributed by atoms with E-state index in [-0.39, 0.29) is 0 Å². The quantitative estimate of drug-likeness (QED) is 0.662. The van der Waals surface area contributed by atoms with Gasteiger partial charge in [0.25, 0.3) is 0 Å². The summed E-state index contributed by atoms with van der Waals surface area (Å²) in [4.78, 5) is 0. The fourth-order valence-corrected chi connectivity index (χ4v) is 3.11. The van der Waals surface area contributed by atoms with Gasteiger partial charge in [0, 0.05) is 22.9 Å². The van der Waals surface area contributed by atoms with E-state index >= 15 is 0 Å². The maximum absolute atomic E-state index is 5.97. The first-order chi connectivity index (χ1) is 9.56. The van der Waals surface area contributed by atoms with Gasteiger partial charge in [-0.25, -0.2) is 0 Å². The maximum Gasteiger partial charge on any atom is 0.139 e.